The van der Waals surface area contributed by atoms with Gasteiger partial charge in [0.05, 0.1) is 11.3 Å². The molecule has 0 aliphatic heterocycles. The molecule has 8 nitrogen and oxygen atoms in total. The SMILES string of the molecule is N/N=C(\C=[NH2+])c1ccc2c(O)n(-c3cc(-c4ccc(F)c(F)c4)ccc3C(=O)O)c(O)c2c1. The largest absolute Gasteiger partial charge is 0.494 e. The number of aromatic hydroxyl groups is 2. The number of aromatic nitrogens is 1. The van der Waals surface area contributed by atoms with E-state index in [0.29, 0.717) is 11.1 Å². The highest BCUT2D eigenvalue weighted by molar-refractivity contribution is 6.36. The predicted molar refractivity (Wildman–Crippen MR) is 118 cm³/mol. The van der Waals surface area contributed by atoms with Crippen molar-refractivity contribution in [3.05, 3.63) is 77.4 Å². The maximum Gasteiger partial charge on any atom is 0.337 e. The maximum absolute atomic E-state index is 13.7. The van der Waals surface area contributed by atoms with Crippen LogP contribution in [0.15, 0.2) is 59.7 Å². The van der Waals surface area contributed by atoms with Gasteiger partial charge in [-0.2, -0.15) is 5.10 Å². The molecule has 7 N–H and O–H groups in total. The summed E-state index contributed by atoms with van der Waals surface area (Å²) < 4.78 is 28.0. The minimum atomic E-state index is -1.32. The predicted octanol–water partition coefficient (Wildman–Crippen LogP) is 2.18. The highest BCUT2D eigenvalue weighted by Crippen LogP contribution is 2.41. The molecule has 1 heterocycles. The Hall–Kier alpha value is -4.73. The van der Waals surface area contributed by atoms with Gasteiger partial charge in [0.25, 0.3) is 0 Å². The molecule has 0 radical (unpaired) electrons. The normalized spacial score (nSPS) is 11.6. The second kappa shape index (κ2) is 8.08. The summed E-state index contributed by atoms with van der Waals surface area (Å²) in [5, 5.41) is 40.9. The number of carboxylic acids is 1. The van der Waals surface area contributed by atoms with E-state index in [1.807, 2.05) is 0 Å². The molecule has 0 atom stereocenters. The van der Waals surface area contributed by atoms with Gasteiger partial charge >= 0.3 is 5.97 Å². The van der Waals surface area contributed by atoms with Crippen LogP contribution in [-0.2, 0) is 0 Å². The molecule has 4 aromatic rings. The lowest BCUT2D eigenvalue weighted by atomic mass is 10.0. The maximum atomic E-state index is 13.7. The molecule has 33 heavy (non-hydrogen) atoms. The Morgan fingerprint density at radius 3 is 2.24 bits per heavy atom. The smallest absolute Gasteiger partial charge is 0.337 e. The van der Waals surface area contributed by atoms with Crippen molar-refractivity contribution < 1.29 is 34.3 Å². The van der Waals surface area contributed by atoms with Crippen LogP contribution in [0.3, 0.4) is 0 Å². The second-order valence-electron chi connectivity index (χ2n) is 7.09. The number of benzene rings is 3. The summed E-state index contributed by atoms with van der Waals surface area (Å²) in [7, 11) is 0. The Balaban J connectivity index is 1.98. The molecule has 166 valence electrons. The van der Waals surface area contributed by atoms with E-state index in [1.54, 1.807) is 6.07 Å². The van der Waals surface area contributed by atoms with Crippen molar-refractivity contribution in [1.82, 2.24) is 4.57 Å². The Morgan fingerprint density at radius 2 is 1.61 bits per heavy atom. The summed E-state index contributed by atoms with van der Waals surface area (Å²) in [6.45, 7) is 0. The second-order valence-corrected chi connectivity index (χ2v) is 7.09. The minimum Gasteiger partial charge on any atom is -0.494 e. The molecule has 0 bridgehead atoms. The Morgan fingerprint density at radius 1 is 0.939 bits per heavy atom. The summed E-state index contributed by atoms with van der Waals surface area (Å²) in [6, 6.07) is 11.8. The van der Waals surface area contributed by atoms with Crippen LogP contribution in [0.4, 0.5) is 8.78 Å². The zero-order valence-electron chi connectivity index (χ0n) is 16.8. The third-order valence-electron chi connectivity index (χ3n) is 5.24. The average molecular weight is 451 g/mol. The summed E-state index contributed by atoms with van der Waals surface area (Å²) in [6.07, 6.45) is 1.17. The summed E-state index contributed by atoms with van der Waals surface area (Å²) in [5.41, 5.74) is 0.959. The van der Waals surface area contributed by atoms with Gasteiger partial charge in [-0.25, -0.2) is 18.1 Å². The lowest BCUT2D eigenvalue weighted by Gasteiger charge is -2.13. The van der Waals surface area contributed by atoms with E-state index in [9.17, 15) is 28.9 Å². The first kappa shape index (κ1) is 21.5. The van der Waals surface area contributed by atoms with Crippen LogP contribution in [0.2, 0.25) is 0 Å². The summed E-state index contributed by atoms with van der Waals surface area (Å²) in [4.78, 5) is 11.9. The van der Waals surface area contributed by atoms with Crippen LogP contribution in [0.25, 0.3) is 27.6 Å². The standard InChI is InChI=1S/C23H16F2N4O4/c24-17-6-3-11(8-18(17)25)12-1-5-15(23(32)33)20(9-12)29-21(30)14-4-2-13(19(10-26)28-27)7-16(14)22(29)31/h1-10,26,30-31H,27H2,(H,32,33)/p+1/b26-10?,28-19+. The zero-order chi connectivity index (χ0) is 23.9. The minimum absolute atomic E-state index is 0.0874. The molecule has 0 saturated heterocycles. The molecule has 0 fully saturated rings. The van der Waals surface area contributed by atoms with E-state index in [0.717, 1.165) is 16.7 Å². The van der Waals surface area contributed by atoms with Crippen molar-refractivity contribution in [3.63, 3.8) is 0 Å². The summed E-state index contributed by atoms with van der Waals surface area (Å²) in [5.74, 6) is 1.00. The van der Waals surface area contributed by atoms with Crippen molar-refractivity contribution in [3.8, 4) is 28.6 Å². The van der Waals surface area contributed by atoms with Crippen molar-refractivity contribution in [1.29, 1.82) is 0 Å². The molecule has 0 aliphatic rings. The van der Waals surface area contributed by atoms with E-state index in [2.05, 4.69) is 5.10 Å². The van der Waals surface area contributed by atoms with Gasteiger partial charge in [-0.1, -0.05) is 18.2 Å². The van der Waals surface area contributed by atoms with Gasteiger partial charge in [0.15, 0.2) is 23.6 Å². The fourth-order valence-electron chi connectivity index (χ4n) is 3.62. The van der Waals surface area contributed by atoms with E-state index in [-0.39, 0.29) is 33.3 Å². The third kappa shape index (κ3) is 3.53. The molecule has 1 aromatic heterocycles. The first-order valence-corrected chi connectivity index (χ1v) is 9.49. The van der Waals surface area contributed by atoms with Gasteiger partial charge in [-0.3, -0.25) is 5.41 Å². The van der Waals surface area contributed by atoms with E-state index in [1.165, 1.54) is 42.6 Å². The number of carboxylic acid groups (broad SMARTS) is 1. The number of nitrogens with two attached hydrogens (primary N) is 2. The fraction of sp³-hybridized carbons (Fsp3) is 0. The van der Waals surface area contributed by atoms with Crippen LogP contribution in [-0.4, -0.2) is 37.8 Å². The Kier molecular flexibility index (Phi) is 5.26. The molecular weight excluding hydrogens is 434 g/mol. The molecule has 0 amide bonds. The van der Waals surface area contributed by atoms with E-state index >= 15 is 0 Å². The lowest BCUT2D eigenvalue weighted by Crippen LogP contribution is -2.34. The van der Waals surface area contributed by atoms with Crippen molar-refractivity contribution in [2.24, 2.45) is 10.9 Å². The molecule has 3 aromatic carbocycles. The number of halogens is 2. The number of nitrogens with zero attached hydrogens (tertiary/aromatic N) is 2. The fourth-order valence-corrected chi connectivity index (χ4v) is 3.62. The van der Waals surface area contributed by atoms with Gasteiger partial charge in [0, 0.05) is 16.3 Å². The summed E-state index contributed by atoms with van der Waals surface area (Å²) >= 11 is 0. The molecule has 0 aliphatic carbocycles. The van der Waals surface area contributed by atoms with Crippen LogP contribution < -0.4 is 11.3 Å². The topological polar surface area (TPSA) is 147 Å². The van der Waals surface area contributed by atoms with Gasteiger partial charge in [-0.05, 0) is 47.5 Å². The van der Waals surface area contributed by atoms with E-state index in [4.69, 9.17) is 11.3 Å². The van der Waals surface area contributed by atoms with Crippen LogP contribution in [0.1, 0.15) is 15.9 Å². The number of hydrazone groups is 1. The Labute approximate surface area is 185 Å². The van der Waals surface area contributed by atoms with Crippen LogP contribution in [0.5, 0.6) is 11.8 Å². The zero-order valence-corrected chi connectivity index (χ0v) is 16.8. The van der Waals surface area contributed by atoms with E-state index < -0.39 is 29.4 Å². The van der Waals surface area contributed by atoms with Crippen molar-refractivity contribution in [2.75, 3.05) is 0 Å². The molecule has 4 rings (SSSR count). The molecule has 0 saturated carbocycles. The quantitative estimate of drug-likeness (QED) is 0.179. The third-order valence-corrected chi connectivity index (χ3v) is 5.24. The highest BCUT2D eigenvalue weighted by Gasteiger charge is 2.23. The molecule has 0 spiro atoms. The number of carbonyl (C=O) groups is 1. The average Bonchev–Trinajstić information content (AvgIpc) is 3.05. The van der Waals surface area contributed by atoms with Gasteiger partial charge in [0.1, 0.15) is 0 Å². The number of rotatable bonds is 5. The number of aromatic carboxylic acids is 1. The van der Waals surface area contributed by atoms with Crippen molar-refractivity contribution in [2.45, 2.75) is 0 Å². The van der Waals surface area contributed by atoms with Gasteiger partial charge < -0.3 is 21.2 Å². The van der Waals surface area contributed by atoms with Gasteiger partial charge in [0.2, 0.25) is 11.8 Å². The Bertz CT molecular complexity index is 1480. The van der Waals surface area contributed by atoms with Crippen molar-refractivity contribution >= 4 is 28.7 Å². The first-order chi connectivity index (χ1) is 15.8. The monoisotopic (exact) mass is 451 g/mol. The number of hydrogen-bond donors (Lipinski definition) is 5. The van der Waals surface area contributed by atoms with Gasteiger partial charge in [-0.15, -0.1) is 0 Å². The van der Waals surface area contributed by atoms with Crippen LogP contribution >= 0.6 is 0 Å². The molecule has 0 unspecified atom stereocenters. The van der Waals surface area contributed by atoms with Crippen LogP contribution in [0, 0.1) is 11.6 Å². The first-order valence-electron chi connectivity index (χ1n) is 9.49. The molecular formula is C23H17F2N4O4+. The lowest BCUT2D eigenvalue weighted by molar-refractivity contribution is -0.102. The molecule has 10 heteroatoms. The number of hydrogen-bond acceptors (Lipinski definition) is 5. The highest BCUT2D eigenvalue weighted by atomic mass is 19.2. The number of fused-ring (bicyclic) bond motifs is 1.